The first kappa shape index (κ1) is 11.3. The van der Waals surface area contributed by atoms with Gasteiger partial charge in [-0.15, -0.1) is 11.8 Å². The second kappa shape index (κ2) is 5.23. The molecule has 0 saturated heterocycles. The third-order valence-corrected chi connectivity index (χ3v) is 3.21. The molecule has 0 bridgehead atoms. The van der Waals surface area contributed by atoms with Gasteiger partial charge in [0.05, 0.1) is 0 Å². The second-order valence-electron chi connectivity index (χ2n) is 3.58. The molecule has 0 spiro atoms. The molecule has 0 amide bonds. The first-order chi connectivity index (χ1) is 6.59. The Morgan fingerprint density at radius 2 is 2.00 bits per heavy atom. The topological polar surface area (TPSA) is 26.0 Å². The van der Waals surface area contributed by atoms with Crippen LogP contribution in [0.5, 0.6) is 0 Å². The van der Waals surface area contributed by atoms with Gasteiger partial charge in [0.25, 0.3) is 0 Å². The fraction of sp³-hybridized carbons (Fsp3) is 0.333. The molecule has 0 heterocycles. The Labute approximate surface area is 90.4 Å². The average Bonchev–Trinajstić information content (AvgIpc) is 2.16. The third-order valence-electron chi connectivity index (χ3n) is 2.08. The maximum Gasteiger partial charge on any atom is 0.0343 e. The van der Waals surface area contributed by atoms with Gasteiger partial charge >= 0.3 is 0 Å². The molecule has 0 aromatic heterocycles. The monoisotopic (exact) mass is 207 g/mol. The van der Waals surface area contributed by atoms with Crippen LogP contribution in [0.15, 0.2) is 41.3 Å². The smallest absolute Gasteiger partial charge is 0.0343 e. The summed E-state index contributed by atoms with van der Waals surface area (Å²) in [4.78, 5) is 1.27. The van der Waals surface area contributed by atoms with E-state index in [4.69, 9.17) is 5.73 Å². The van der Waals surface area contributed by atoms with Gasteiger partial charge in [-0.3, -0.25) is 0 Å². The first-order valence-electron chi connectivity index (χ1n) is 4.70. The highest BCUT2D eigenvalue weighted by molar-refractivity contribution is 7.99. The largest absolute Gasteiger partial charge is 0.324 e. The molecule has 0 aliphatic rings. The fourth-order valence-corrected chi connectivity index (χ4v) is 1.95. The molecular formula is C12H17NS. The van der Waals surface area contributed by atoms with Crippen LogP contribution >= 0.6 is 11.8 Å². The minimum atomic E-state index is 0.0984. The second-order valence-corrected chi connectivity index (χ2v) is 4.67. The standard InChI is InChI=1S/C12H17NS/c1-9(2)12(13)8-14-11-6-4-10(3)5-7-11/h4-7,12H,1,8,13H2,2-3H3. The van der Waals surface area contributed by atoms with E-state index in [-0.39, 0.29) is 6.04 Å². The molecule has 2 N–H and O–H groups in total. The van der Waals surface area contributed by atoms with E-state index < -0.39 is 0 Å². The van der Waals surface area contributed by atoms with E-state index in [0.717, 1.165) is 11.3 Å². The van der Waals surface area contributed by atoms with E-state index in [9.17, 15) is 0 Å². The predicted molar refractivity (Wildman–Crippen MR) is 64.7 cm³/mol. The summed E-state index contributed by atoms with van der Waals surface area (Å²) in [6, 6.07) is 8.60. The molecule has 1 nitrogen and oxygen atoms in total. The van der Waals surface area contributed by atoms with Crippen molar-refractivity contribution >= 4 is 11.8 Å². The number of thioether (sulfide) groups is 1. The van der Waals surface area contributed by atoms with E-state index in [1.54, 1.807) is 11.8 Å². The van der Waals surface area contributed by atoms with Gasteiger partial charge in [-0.1, -0.05) is 29.8 Å². The van der Waals surface area contributed by atoms with Crippen LogP contribution in [0.1, 0.15) is 12.5 Å². The van der Waals surface area contributed by atoms with Crippen molar-refractivity contribution in [1.29, 1.82) is 0 Å². The van der Waals surface area contributed by atoms with Gasteiger partial charge in [0.2, 0.25) is 0 Å². The van der Waals surface area contributed by atoms with Crippen molar-refractivity contribution in [2.24, 2.45) is 5.73 Å². The summed E-state index contributed by atoms with van der Waals surface area (Å²) in [5, 5.41) is 0. The Morgan fingerprint density at radius 3 is 2.50 bits per heavy atom. The zero-order chi connectivity index (χ0) is 10.6. The summed E-state index contributed by atoms with van der Waals surface area (Å²) in [5.41, 5.74) is 8.21. The average molecular weight is 207 g/mol. The molecule has 1 unspecified atom stereocenters. The SMILES string of the molecule is C=C(C)C(N)CSc1ccc(C)cc1. The lowest BCUT2D eigenvalue weighted by Gasteiger charge is -2.10. The van der Waals surface area contributed by atoms with Crippen molar-refractivity contribution in [3.63, 3.8) is 0 Å². The van der Waals surface area contributed by atoms with E-state index in [1.165, 1.54) is 10.5 Å². The van der Waals surface area contributed by atoms with Gasteiger partial charge in [0.1, 0.15) is 0 Å². The molecule has 0 saturated carbocycles. The number of benzene rings is 1. The summed E-state index contributed by atoms with van der Waals surface area (Å²) in [7, 11) is 0. The maximum absolute atomic E-state index is 5.87. The summed E-state index contributed by atoms with van der Waals surface area (Å²) in [6.07, 6.45) is 0. The minimum absolute atomic E-state index is 0.0984. The molecule has 0 aliphatic heterocycles. The molecular weight excluding hydrogens is 190 g/mol. The zero-order valence-corrected chi connectivity index (χ0v) is 9.60. The highest BCUT2D eigenvalue weighted by atomic mass is 32.2. The summed E-state index contributed by atoms with van der Waals surface area (Å²) in [5.74, 6) is 0.901. The third kappa shape index (κ3) is 3.56. The molecule has 2 heteroatoms. The lowest BCUT2D eigenvalue weighted by Crippen LogP contribution is -2.23. The van der Waals surface area contributed by atoms with Crippen LogP contribution in [0.2, 0.25) is 0 Å². The van der Waals surface area contributed by atoms with Crippen LogP contribution in [-0.4, -0.2) is 11.8 Å². The number of hydrogen-bond acceptors (Lipinski definition) is 2. The normalized spacial score (nSPS) is 12.5. The molecule has 0 fully saturated rings. The Balaban J connectivity index is 2.46. The lowest BCUT2D eigenvalue weighted by atomic mass is 10.2. The quantitative estimate of drug-likeness (QED) is 0.607. The van der Waals surface area contributed by atoms with Crippen molar-refractivity contribution in [1.82, 2.24) is 0 Å². The molecule has 0 aliphatic carbocycles. The Morgan fingerprint density at radius 1 is 1.43 bits per heavy atom. The van der Waals surface area contributed by atoms with Gasteiger partial charge in [0.15, 0.2) is 0 Å². The van der Waals surface area contributed by atoms with Gasteiger partial charge < -0.3 is 5.73 Å². The zero-order valence-electron chi connectivity index (χ0n) is 8.79. The highest BCUT2D eigenvalue weighted by Gasteiger charge is 2.03. The van der Waals surface area contributed by atoms with Crippen LogP contribution in [0.4, 0.5) is 0 Å². The first-order valence-corrected chi connectivity index (χ1v) is 5.68. The summed E-state index contributed by atoms with van der Waals surface area (Å²) >= 11 is 1.78. The molecule has 0 radical (unpaired) electrons. The van der Waals surface area contributed by atoms with Crippen molar-refractivity contribution in [3.05, 3.63) is 42.0 Å². The fourth-order valence-electron chi connectivity index (χ4n) is 0.963. The van der Waals surface area contributed by atoms with Crippen molar-refractivity contribution in [2.45, 2.75) is 24.8 Å². The Hall–Kier alpha value is -0.730. The van der Waals surface area contributed by atoms with Gasteiger partial charge in [-0.2, -0.15) is 0 Å². The Bertz CT molecular complexity index is 303. The lowest BCUT2D eigenvalue weighted by molar-refractivity contribution is 0.878. The van der Waals surface area contributed by atoms with Crippen LogP contribution in [0.3, 0.4) is 0 Å². The number of nitrogens with two attached hydrogens (primary N) is 1. The maximum atomic E-state index is 5.87. The molecule has 76 valence electrons. The minimum Gasteiger partial charge on any atom is -0.324 e. The van der Waals surface area contributed by atoms with E-state index in [2.05, 4.69) is 37.8 Å². The van der Waals surface area contributed by atoms with Crippen molar-refractivity contribution in [3.8, 4) is 0 Å². The predicted octanol–water partition coefficient (Wildman–Crippen LogP) is 2.99. The van der Waals surface area contributed by atoms with E-state index >= 15 is 0 Å². The molecule has 14 heavy (non-hydrogen) atoms. The Kier molecular flexibility index (Phi) is 4.23. The van der Waals surface area contributed by atoms with Crippen LogP contribution in [0.25, 0.3) is 0 Å². The molecule has 1 aromatic rings. The number of rotatable bonds is 4. The molecule has 1 aromatic carbocycles. The van der Waals surface area contributed by atoms with Gasteiger partial charge in [0, 0.05) is 16.7 Å². The molecule has 1 atom stereocenters. The highest BCUT2D eigenvalue weighted by Crippen LogP contribution is 2.19. The van der Waals surface area contributed by atoms with Crippen LogP contribution < -0.4 is 5.73 Å². The molecule has 1 rings (SSSR count). The van der Waals surface area contributed by atoms with Gasteiger partial charge in [-0.25, -0.2) is 0 Å². The van der Waals surface area contributed by atoms with Gasteiger partial charge in [-0.05, 0) is 26.0 Å². The number of aryl methyl sites for hydroxylation is 1. The summed E-state index contributed by atoms with van der Waals surface area (Å²) in [6.45, 7) is 7.91. The van der Waals surface area contributed by atoms with E-state index in [0.29, 0.717) is 0 Å². The van der Waals surface area contributed by atoms with E-state index in [1.807, 2.05) is 6.92 Å². The number of hydrogen-bond donors (Lipinski definition) is 1. The summed E-state index contributed by atoms with van der Waals surface area (Å²) < 4.78 is 0. The van der Waals surface area contributed by atoms with Crippen molar-refractivity contribution < 1.29 is 0 Å². The van der Waals surface area contributed by atoms with Crippen LogP contribution in [-0.2, 0) is 0 Å². The van der Waals surface area contributed by atoms with Crippen molar-refractivity contribution in [2.75, 3.05) is 5.75 Å². The van der Waals surface area contributed by atoms with Crippen LogP contribution in [0, 0.1) is 6.92 Å².